The van der Waals surface area contributed by atoms with Crippen LogP contribution >= 0.6 is 0 Å². The smallest absolute Gasteiger partial charge is 0.317 e. The summed E-state index contributed by atoms with van der Waals surface area (Å²) < 4.78 is 1.67. The fraction of sp³-hybridized carbons (Fsp3) is 0.368. The highest BCUT2D eigenvalue weighted by atomic mass is 16.2. The highest BCUT2D eigenvalue weighted by Gasteiger charge is 2.33. The number of H-pyrrole nitrogens is 1. The number of aromatic amines is 1. The molecule has 3 aromatic rings. The van der Waals surface area contributed by atoms with E-state index < -0.39 is 0 Å². The van der Waals surface area contributed by atoms with E-state index in [0.29, 0.717) is 36.5 Å². The number of unbranched alkanes of at least 4 members (excludes halogenated alkanes) is 1. The number of nitrogens with zero attached hydrogens (tertiary/aromatic N) is 4. The van der Waals surface area contributed by atoms with Gasteiger partial charge in [0, 0.05) is 19.6 Å². The van der Waals surface area contributed by atoms with Crippen molar-refractivity contribution in [2.45, 2.75) is 25.7 Å². The van der Waals surface area contributed by atoms with Crippen LogP contribution in [0.5, 0.6) is 0 Å². The molecule has 0 bridgehead atoms. The van der Waals surface area contributed by atoms with Crippen molar-refractivity contribution in [1.29, 1.82) is 0 Å². The summed E-state index contributed by atoms with van der Waals surface area (Å²) in [4.78, 5) is 33.7. The number of para-hydroxylation sites is 1. The third-order valence-corrected chi connectivity index (χ3v) is 4.82. The van der Waals surface area contributed by atoms with E-state index in [2.05, 4.69) is 27.3 Å². The van der Waals surface area contributed by atoms with E-state index in [1.807, 2.05) is 30.3 Å². The van der Waals surface area contributed by atoms with E-state index in [-0.39, 0.29) is 17.5 Å². The summed E-state index contributed by atoms with van der Waals surface area (Å²) >= 11 is 0. The molecule has 2 N–H and O–H groups in total. The van der Waals surface area contributed by atoms with Crippen LogP contribution in [-0.4, -0.2) is 50.3 Å². The summed E-state index contributed by atoms with van der Waals surface area (Å²) in [6, 6.07) is 9.53. The summed E-state index contributed by atoms with van der Waals surface area (Å²) in [5.74, 6) is 0.626. The van der Waals surface area contributed by atoms with E-state index in [1.165, 1.54) is 6.20 Å². The molecule has 27 heavy (non-hydrogen) atoms. The Labute approximate surface area is 156 Å². The number of likely N-dealkylation sites (tertiary alicyclic amines) is 1. The van der Waals surface area contributed by atoms with Crippen LogP contribution in [-0.2, 0) is 0 Å². The molecule has 0 spiro atoms. The van der Waals surface area contributed by atoms with Crippen molar-refractivity contribution < 1.29 is 4.79 Å². The van der Waals surface area contributed by atoms with Crippen molar-refractivity contribution >= 4 is 17.1 Å². The molecule has 1 saturated heterocycles. The van der Waals surface area contributed by atoms with Gasteiger partial charge in [-0.1, -0.05) is 31.5 Å². The van der Waals surface area contributed by atoms with Gasteiger partial charge in [0.05, 0.1) is 17.8 Å². The van der Waals surface area contributed by atoms with Gasteiger partial charge in [-0.3, -0.25) is 4.79 Å². The Bertz CT molecular complexity index is 1000. The van der Waals surface area contributed by atoms with Crippen LogP contribution < -0.4 is 10.9 Å². The molecular formula is C19H22N6O2. The maximum Gasteiger partial charge on any atom is 0.317 e. The molecule has 3 heterocycles. The van der Waals surface area contributed by atoms with Crippen LogP contribution in [0.2, 0.25) is 0 Å². The first-order valence-corrected chi connectivity index (χ1v) is 9.23. The Morgan fingerprint density at radius 1 is 1.30 bits per heavy atom. The quantitative estimate of drug-likeness (QED) is 0.675. The van der Waals surface area contributed by atoms with Gasteiger partial charge in [0.25, 0.3) is 5.56 Å². The molecule has 0 atom stereocenters. The molecule has 2 aromatic heterocycles. The molecule has 0 radical (unpaired) electrons. The minimum atomic E-state index is -0.206. The van der Waals surface area contributed by atoms with Crippen LogP contribution in [0, 0.1) is 0 Å². The lowest BCUT2D eigenvalue weighted by Crippen LogP contribution is -2.53. The van der Waals surface area contributed by atoms with Gasteiger partial charge < -0.3 is 15.2 Å². The first kappa shape index (κ1) is 17.3. The van der Waals surface area contributed by atoms with Crippen molar-refractivity contribution in [1.82, 2.24) is 30.0 Å². The van der Waals surface area contributed by atoms with Gasteiger partial charge in [0.2, 0.25) is 0 Å². The van der Waals surface area contributed by atoms with Gasteiger partial charge in [-0.2, -0.15) is 5.10 Å². The maximum absolute atomic E-state index is 12.4. The first-order chi connectivity index (χ1) is 13.2. The Balaban J connectivity index is 1.54. The summed E-state index contributed by atoms with van der Waals surface area (Å²) in [5, 5.41) is 7.68. The summed E-state index contributed by atoms with van der Waals surface area (Å²) in [5.41, 5.74) is 1.18. The van der Waals surface area contributed by atoms with E-state index in [0.717, 1.165) is 18.5 Å². The zero-order valence-electron chi connectivity index (χ0n) is 15.2. The van der Waals surface area contributed by atoms with Crippen LogP contribution in [0.1, 0.15) is 31.5 Å². The Morgan fingerprint density at radius 3 is 2.81 bits per heavy atom. The van der Waals surface area contributed by atoms with E-state index >= 15 is 0 Å². The largest absolute Gasteiger partial charge is 0.338 e. The zero-order valence-corrected chi connectivity index (χ0v) is 15.2. The second-order valence-corrected chi connectivity index (χ2v) is 6.77. The molecule has 8 heteroatoms. The number of amides is 2. The van der Waals surface area contributed by atoms with E-state index in [4.69, 9.17) is 0 Å². The number of carbonyl (C=O) groups excluding carboxylic acids is 1. The molecule has 1 fully saturated rings. The fourth-order valence-electron chi connectivity index (χ4n) is 3.19. The Morgan fingerprint density at radius 2 is 2.07 bits per heavy atom. The van der Waals surface area contributed by atoms with E-state index in [9.17, 15) is 9.59 Å². The minimum absolute atomic E-state index is 0.0261. The SMILES string of the molecule is CCCCNC(=O)N1CC(c2nc3c(cnn3-c3ccccc3)c(=O)[nH]2)C1. The number of rotatable bonds is 5. The average Bonchev–Trinajstić information content (AvgIpc) is 3.06. The van der Waals surface area contributed by atoms with Crippen molar-refractivity contribution in [3.8, 4) is 5.69 Å². The molecule has 0 aliphatic carbocycles. The average molecular weight is 366 g/mol. The number of hydrogen-bond acceptors (Lipinski definition) is 4. The number of benzene rings is 1. The Hall–Kier alpha value is -3.16. The highest BCUT2D eigenvalue weighted by Crippen LogP contribution is 2.25. The van der Waals surface area contributed by atoms with Crippen LogP contribution in [0.3, 0.4) is 0 Å². The molecule has 4 rings (SSSR count). The van der Waals surface area contributed by atoms with Crippen LogP contribution in [0.25, 0.3) is 16.7 Å². The zero-order chi connectivity index (χ0) is 18.8. The number of aromatic nitrogens is 4. The predicted molar refractivity (Wildman–Crippen MR) is 102 cm³/mol. The number of urea groups is 1. The molecule has 1 aliphatic heterocycles. The third-order valence-electron chi connectivity index (χ3n) is 4.82. The van der Waals surface area contributed by atoms with Crippen LogP contribution in [0.4, 0.5) is 4.79 Å². The van der Waals surface area contributed by atoms with E-state index in [1.54, 1.807) is 9.58 Å². The molecule has 1 aliphatic rings. The lowest BCUT2D eigenvalue weighted by Gasteiger charge is -2.38. The molecule has 2 amide bonds. The third kappa shape index (κ3) is 3.30. The van der Waals surface area contributed by atoms with Gasteiger partial charge in [-0.15, -0.1) is 0 Å². The lowest BCUT2D eigenvalue weighted by molar-refractivity contribution is 0.148. The fourth-order valence-corrected chi connectivity index (χ4v) is 3.19. The molecule has 140 valence electrons. The van der Waals surface area contributed by atoms with Gasteiger partial charge in [-0.05, 0) is 18.6 Å². The summed E-state index contributed by atoms with van der Waals surface area (Å²) in [6.07, 6.45) is 3.55. The number of carbonyl (C=O) groups is 1. The normalized spacial score (nSPS) is 14.3. The maximum atomic E-state index is 12.4. The van der Waals surface area contributed by atoms with Crippen LogP contribution in [0.15, 0.2) is 41.3 Å². The standard InChI is InChI=1S/C19H22N6O2/c1-2-3-9-20-19(27)24-11-13(12-24)16-22-17-15(18(26)23-16)10-21-25(17)14-7-5-4-6-8-14/h4-8,10,13H,2-3,9,11-12H2,1H3,(H,20,27)(H,22,23,26). The van der Waals surface area contributed by atoms with Crippen molar-refractivity contribution in [3.63, 3.8) is 0 Å². The predicted octanol–water partition coefficient (Wildman–Crippen LogP) is 2.02. The Kier molecular flexibility index (Phi) is 4.62. The van der Waals surface area contributed by atoms with Gasteiger partial charge in [-0.25, -0.2) is 14.5 Å². The van der Waals surface area contributed by atoms with Gasteiger partial charge in [0.15, 0.2) is 5.65 Å². The molecule has 1 aromatic carbocycles. The number of fused-ring (bicyclic) bond motifs is 1. The second-order valence-electron chi connectivity index (χ2n) is 6.77. The summed E-state index contributed by atoms with van der Waals surface area (Å²) in [7, 11) is 0. The first-order valence-electron chi connectivity index (χ1n) is 9.23. The van der Waals surface area contributed by atoms with Crippen molar-refractivity contribution in [2.75, 3.05) is 19.6 Å². The molecular weight excluding hydrogens is 344 g/mol. The topological polar surface area (TPSA) is 95.9 Å². The highest BCUT2D eigenvalue weighted by molar-refractivity contribution is 5.76. The number of hydrogen-bond donors (Lipinski definition) is 2. The number of nitrogens with one attached hydrogen (secondary N) is 2. The minimum Gasteiger partial charge on any atom is -0.338 e. The molecule has 0 saturated carbocycles. The lowest BCUT2D eigenvalue weighted by atomic mass is 10.00. The van der Waals surface area contributed by atoms with Gasteiger partial charge >= 0.3 is 6.03 Å². The second kappa shape index (κ2) is 7.22. The van der Waals surface area contributed by atoms with Crippen molar-refractivity contribution in [3.05, 3.63) is 52.7 Å². The van der Waals surface area contributed by atoms with Gasteiger partial charge in [0.1, 0.15) is 11.2 Å². The van der Waals surface area contributed by atoms with Crippen molar-refractivity contribution in [2.24, 2.45) is 0 Å². The monoisotopic (exact) mass is 366 g/mol. The summed E-state index contributed by atoms with van der Waals surface area (Å²) in [6.45, 7) is 3.87. The molecule has 8 nitrogen and oxygen atoms in total. The molecule has 0 unspecified atom stereocenters.